The summed E-state index contributed by atoms with van der Waals surface area (Å²) < 4.78 is 6.95. The minimum absolute atomic E-state index is 0.790. The number of nitrogens with zero attached hydrogens (tertiary/aromatic N) is 2. The first-order chi connectivity index (χ1) is 7.33. The van der Waals surface area contributed by atoms with Gasteiger partial charge in [0.15, 0.2) is 0 Å². The van der Waals surface area contributed by atoms with Gasteiger partial charge < -0.3 is 10.1 Å². The van der Waals surface area contributed by atoms with Gasteiger partial charge in [0.1, 0.15) is 0 Å². The third kappa shape index (κ3) is 5.54. The number of nitrogens with one attached hydrogen (secondary N) is 1. The molecular formula is C11H21N3O. The fourth-order valence-electron chi connectivity index (χ4n) is 1.41. The highest BCUT2D eigenvalue weighted by molar-refractivity contribution is 4.94. The highest BCUT2D eigenvalue weighted by Crippen LogP contribution is 1.96. The Kier molecular flexibility index (Phi) is 6.04. The number of hydrogen-bond donors (Lipinski definition) is 1. The molecule has 4 heteroatoms. The standard InChI is InChI=1S/C11H21N3O/c1-11-5-9-14(13-11)8-4-3-6-12-7-10-15-2/h5,9,12H,3-4,6-8,10H2,1-2H3. The van der Waals surface area contributed by atoms with Gasteiger partial charge in [-0.15, -0.1) is 0 Å². The van der Waals surface area contributed by atoms with E-state index in [1.54, 1.807) is 7.11 Å². The van der Waals surface area contributed by atoms with Crippen molar-refractivity contribution >= 4 is 0 Å². The van der Waals surface area contributed by atoms with Crippen LogP contribution in [0.5, 0.6) is 0 Å². The molecule has 1 heterocycles. The molecule has 15 heavy (non-hydrogen) atoms. The lowest BCUT2D eigenvalue weighted by Crippen LogP contribution is -2.20. The molecule has 0 aromatic carbocycles. The van der Waals surface area contributed by atoms with E-state index in [0.29, 0.717) is 0 Å². The summed E-state index contributed by atoms with van der Waals surface area (Å²) in [6.07, 6.45) is 4.39. The molecule has 0 bridgehead atoms. The minimum Gasteiger partial charge on any atom is -0.383 e. The van der Waals surface area contributed by atoms with Gasteiger partial charge in [-0.3, -0.25) is 4.68 Å². The van der Waals surface area contributed by atoms with Gasteiger partial charge in [0.05, 0.1) is 12.3 Å². The molecule has 0 aliphatic rings. The molecule has 0 amide bonds. The lowest BCUT2D eigenvalue weighted by Gasteiger charge is -2.04. The Morgan fingerprint density at radius 3 is 2.93 bits per heavy atom. The molecular weight excluding hydrogens is 190 g/mol. The lowest BCUT2D eigenvalue weighted by molar-refractivity contribution is 0.199. The highest BCUT2D eigenvalue weighted by Gasteiger charge is 1.93. The van der Waals surface area contributed by atoms with Crippen LogP contribution < -0.4 is 5.32 Å². The van der Waals surface area contributed by atoms with Crippen LogP contribution in [-0.4, -0.2) is 36.6 Å². The maximum absolute atomic E-state index is 4.94. The van der Waals surface area contributed by atoms with Crippen LogP contribution in [0.25, 0.3) is 0 Å². The molecule has 0 fully saturated rings. The van der Waals surface area contributed by atoms with E-state index in [9.17, 15) is 0 Å². The molecule has 4 nitrogen and oxygen atoms in total. The Hall–Kier alpha value is -0.870. The molecule has 0 spiro atoms. The number of hydrogen-bond acceptors (Lipinski definition) is 3. The summed E-state index contributed by atoms with van der Waals surface area (Å²) in [5.74, 6) is 0. The number of methoxy groups -OCH3 is 1. The van der Waals surface area contributed by atoms with Crippen LogP contribution >= 0.6 is 0 Å². The zero-order valence-electron chi connectivity index (χ0n) is 9.70. The van der Waals surface area contributed by atoms with Gasteiger partial charge in [0.2, 0.25) is 0 Å². The van der Waals surface area contributed by atoms with Gasteiger partial charge in [0.25, 0.3) is 0 Å². The third-order valence-electron chi connectivity index (χ3n) is 2.25. The summed E-state index contributed by atoms with van der Waals surface area (Å²) in [4.78, 5) is 0. The first kappa shape index (κ1) is 12.2. The summed E-state index contributed by atoms with van der Waals surface area (Å²) in [5.41, 5.74) is 1.09. The molecule has 0 aliphatic heterocycles. The molecule has 0 unspecified atom stereocenters. The van der Waals surface area contributed by atoms with Crippen molar-refractivity contribution < 1.29 is 4.74 Å². The molecule has 0 atom stereocenters. The van der Waals surface area contributed by atoms with Crippen LogP contribution in [0.1, 0.15) is 18.5 Å². The molecule has 0 aliphatic carbocycles. The Morgan fingerprint density at radius 2 is 2.27 bits per heavy atom. The molecule has 1 N–H and O–H groups in total. The molecule has 1 aromatic heterocycles. The third-order valence-corrected chi connectivity index (χ3v) is 2.25. The molecule has 0 saturated carbocycles. The maximum atomic E-state index is 4.94. The lowest BCUT2D eigenvalue weighted by atomic mass is 10.3. The summed E-state index contributed by atoms with van der Waals surface area (Å²) in [6, 6.07) is 2.04. The quantitative estimate of drug-likeness (QED) is 0.657. The Labute approximate surface area is 91.6 Å². The van der Waals surface area contributed by atoms with E-state index < -0.39 is 0 Å². The summed E-state index contributed by atoms with van der Waals surface area (Å²) in [6.45, 7) is 5.82. The molecule has 1 aromatic rings. The van der Waals surface area contributed by atoms with Crippen LogP contribution in [0.2, 0.25) is 0 Å². The van der Waals surface area contributed by atoms with Crippen LogP contribution in [0.4, 0.5) is 0 Å². The Bertz CT molecular complexity index is 260. The average Bonchev–Trinajstić information content (AvgIpc) is 2.63. The second-order valence-corrected chi connectivity index (χ2v) is 3.67. The zero-order chi connectivity index (χ0) is 10.9. The van der Waals surface area contributed by atoms with Crippen molar-refractivity contribution in [3.8, 4) is 0 Å². The van der Waals surface area contributed by atoms with Gasteiger partial charge in [-0.2, -0.15) is 5.10 Å². The van der Waals surface area contributed by atoms with E-state index in [1.165, 1.54) is 12.8 Å². The van der Waals surface area contributed by atoms with Gasteiger partial charge in [-0.25, -0.2) is 0 Å². The van der Waals surface area contributed by atoms with E-state index in [2.05, 4.69) is 10.4 Å². The van der Waals surface area contributed by atoms with E-state index in [-0.39, 0.29) is 0 Å². The van der Waals surface area contributed by atoms with Crippen LogP contribution in [0, 0.1) is 6.92 Å². The minimum atomic E-state index is 0.790. The van der Waals surface area contributed by atoms with E-state index in [1.807, 2.05) is 23.9 Å². The van der Waals surface area contributed by atoms with Crippen molar-refractivity contribution in [1.82, 2.24) is 15.1 Å². The first-order valence-electron chi connectivity index (χ1n) is 5.52. The van der Waals surface area contributed by atoms with Crippen molar-refractivity contribution in [2.24, 2.45) is 0 Å². The molecule has 1 rings (SSSR count). The average molecular weight is 211 g/mol. The van der Waals surface area contributed by atoms with Crippen LogP contribution in [0.3, 0.4) is 0 Å². The fourth-order valence-corrected chi connectivity index (χ4v) is 1.41. The van der Waals surface area contributed by atoms with Crippen LogP contribution in [0.15, 0.2) is 12.3 Å². The SMILES string of the molecule is COCCNCCCCn1ccc(C)n1. The van der Waals surface area contributed by atoms with Crippen molar-refractivity contribution in [3.05, 3.63) is 18.0 Å². The maximum Gasteiger partial charge on any atom is 0.0593 e. The number of ether oxygens (including phenoxy) is 1. The van der Waals surface area contributed by atoms with Gasteiger partial charge >= 0.3 is 0 Å². The van der Waals surface area contributed by atoms with Crippen molar-refractivity contribution in [1.29, 1.82) is 0 Å². The van der Waals surface area contributed by atoms with E-state index in [4.69, 9.17) is 4.74 Å². The predicted molar refractivity (Wildman–Crippen MR) is 60.9 cm³/mol. The largest absolute Gasteiger partial charge is 0.383 e. The fraction of sp³-hybridized carbons (Fsp3) is 0.727. The number of unbranched alkanes of at least 4 members (excludes halogenated alkanes) is 1. The van der Waals surface area contributed by atoms with Gasteiger partial charge in [-0.05, 0) is 32.4 Å². The zero-order valence-corrected chi connectivity index (χ0v) is 9.70. The number of aryl methyl sites for hydroxylation is 2. The first-order valence-corrected chi connectivity index (χ1v) is 5.52. The second kappa shape index (κ2) is 7.43. The summed E-state index contributed by atoms with van der Waals surface area (Å²) in [7, 11) is 1.72. The predicted octanol–water partition coefficient (Wildman–Crippen LogP) is 1.21. The molecule has 86 valence electrons. The molecule has 0 radical (unpaired) electrons. The normalized spacial score (nSPS) is 10.8. The topological polar surface area (TPSA) is 39.1 Å². The highest BCUT2D eigenvalue weighted by atomic mass is 16.5. The van der Waals surface area contributed by atoms with Crippen molar-refractivity contribution in [2.45, 2.75) is 26.3 Å². The van der Waals surface area contributed by atoms with Gasteiger partial charge in [0, 0.05) is 26.4 Å². The van der Waals surface area contributed by atoms with E-state index in [0.717, 1.165) is 31.9 Å². The second-order valence-electron chi connectivity index (χ2n) is 3.67. The Morgan fingerprint density at radius 1 is 1.40 bits per heavy atom. The van der Waals surface area contributed by atoms with E-state index >= 15 is 0 Å². The smallest absolute Gasteiger partial charge is 0.0593 e. The summed E-state index contributed by atoms with van der Waals surface area (Å²) in [5, 5.41) is 7.66. The van der Waals surface area contributed by atoms with Gasteiger partial charge in [-0.1, -0.05) is 0 Å². The van der Waals surface area contributed by atoms with Crippen LogP contribution in [-0.2, 0) is 11.3 Å². The summed E-state index contributed by atoms with van der Waals surface area (Å²) >= 11 is 0. The monoisotopic (exact) mass is 211 g/mol. The number of aromatic nitrogens is 2. The van der Waals surface area contributed by atoms with Crippen molar-refractivity contribution in [3.63, 3.8) is 0 Å². The Balaban J connectivity index is 1.93. The van der Waals surface area contributed by atoms with Crippen molar-refractivity contribution in [2.75, 3.05) is 26.8 Å². The molecule has 0 saturated heterocycles. The number of rotatable bonds is 8.